The molecule has 0 unspecified atom stereocenters. The van der Waals surface area contributed by atoms with Gasteiger partial charge in [0.1, 0.15) is 0 Å². The lowest BCUT2D eigenvalue weighted by molar-refractivity contribution is 0.281. The minimum atomic E-state index is 0.881. The number of nitrogens with one attached hydrogen (secondary N) is 1. The molecule has 0 atom stereocenters. The molecule has 1 heterocycles. The smallest absolute Gasteiger partial charge is 0.0991 e. The minimum Gasteiger partial charge on any atom is -0.312 e. The first-order valence-electron chi connectivity index (χ1n) is 8.09. The van der Waals surface area contributed by atoms with Gasteiger partial charge in [-0.3, -0.25) is 0 Å². The predicted molar refractivity (Wildman–Crippen MR) is 86.4 cm³/mol. The summed E-state index contributed by atoms with van der Waals surface area (Å²) in [5.41, 5.74) is 2.51. The first kappa shape index (κ1) is 14.3. The van der Waals surface area contributed by atoms with E-state index in [1.807, 2.05) is 17.1 Å². The molecule has 0 aliphatic heterocycles. The number of hydrogen-bond donors (Lipinski definition) is 1. The summed E-state index contributed by atoms with van der Waals surface area (Å²) in [6, 6.07) is 8.71. The summed E-state index contributed by atoms with van der Waals surface area (Å²) in [4.78, 5) is 4.08. The van der Waals surface area contributed by atoms with E-state index in [-0.39, 0.29) is 0 Å². The summed E-state index contributed by atoms with van der Waals surface area (Å²) in [6.45, 7) is 4.51. The van der Waals surface area contributed by atoms with E-state index < -0.39 is 0 Å². The zero-order chi connectivity index (χ0) is 14.5. The Balaban J connectivity index is 1.45. The Kier molecular flexibility index (Phi) is 4.71. The van der Waals surface area contributed by atoms with Gasteiger partial charge in [-0.15, -0.1) is 0 Å². The summed E-state index contributed by atoms with van der Waals surface area (Å²) in [5.74, 6) is 1.82. The molecule has 1 aliphatic rings. The summed E-state index contributed by atoms with van der Waals surface area (Å²) in [7, 11) is 0. The molecule has 2 aromatic rings. The van der Waals surface area contributed by atoms with E-state index in [9.17, 15) is 0 Å². The Hall–Kier alpha value is -1.61. The molecule has 1 aromatic heterocycles. The van der Waals surface area contributed by atoms with Crippen molar-refractivity contribution in [2.45, 2.75) is 39.2 Å². The molecule has 0 amide bonds. The van der Waals surface area contributed by atoms with Crippen molar-refractivity contribution in [2.24, 2.45) is 11.8 Å². The van der Waals surface area contributed by atoms with Gasteiger partial charge in [0.25, 0.3) is 0 Å². The second kappa shape index (κ2) is 6.90. The second-order valence-electron chi connectivity index (χ2n) is 6.39. The summed E-state index contributed by atoms with van der Waals surface area (Å²) in [5, 5.41) is 3.62. The number of nitrogens with zero attached hydrogens (tertiary/aromatic N) is 2. The highest BCUT2D eigenvalue weighted by atomic mass is 15.0. The highest BCUT2D eigenvalue weighted by Crippen LogP contribution is 2.27. The molecule has 1 N–H and O–H groups in total. The van der Waals surface area contributed by atoms with E-state index in [4.69, 9.17) is 0 Å². The van der Waals surface area contributed by atoms with Crippen LogP contribution in [0.15, 0.2) is 43.0 Å². The van der Waals surface area contributed by atoms with Gasteiger partial charge >= 0.3 is 0 Å². The molecule has 112 valence electrons. The maximum atomic E-state index is 4.08. The van der Waals surface area contributed by atoms with Gasteiger partial charge in [-0.1, -0.05) is 31.9 Å². The van der Waals surface area contributed by atoms with Crippen molar-refractivity contribution >= 4 is 0 Å². The molecule has 0 spiro atoms. The molecular weight excluding hydrogens is 258 g/mol. The number of rotatable bonds is 5. The van der Waals surface area contributed by atoms with Crippen LogP contribution >= 0.6 is 0 Å². The fraction of sp³-hybridized carbons (Fsp3) is 0.500. The zero-order valence-electron chi connectivity index (χ0n) is 12.8. The average molecular weight is 283 g/mol. The molecule has 0 bridgehead atoms. The fourth-order valence-corrected chi connectivity index (χ4v) is 3.15. The maximum Gasteiger partial charge on any atom is 0.0991 e. The number of hydrogen-bond acceptors (Lipinski definition) is 2. The minimum absolute atomic E-state index is 0.881. The van der Waals surface area contributed by atoms with Gasteiger partial charge in [-0.05, 0) is 48.9 Å². The van der Waals surface area contributed by atoms with Crippen molar-refractivity contribution in [2.75, 3.05) is 6.54 Å². The van der Waals surface area contributed by atoms with Gasteiger partial charge in [0.15, 0.2) is 0 Å². The summed E-state index contributed by atoms with van der Waals surface area (Å²) < 4.78 is 2.03. The lowest BCUT2D eigenvalue weighted by Crippen LogP contribution is -2.25. The normalized spacial score (nSPS) is 22.3. The lowest BCUT2D eigenvalue weighted by atomic mass is 9.83. The monoisotopic (exact) mass is 283 g/mol. The molecule has 1 saturated carbocycles. The Morgan fingerprint density at radius 2 is 1.90 bits per heavy atom. The van der Waals surface area contributed by atoms with Gasteiger partial charge in [-0.2, -0.15) is 0 Å². The first-order chi connectivity index (χ1) is 10.3. The lowest BCUT2D eigenvalue weighted by Gasteiger charge is -2.26. The van der Waals surface area contributed by atoms with Crippen LogP contribution < -0.4 is 5.32 Å². The maximum absolute atomic E-state index is 4.08. The number of aromatic nitrogens is 2. The van der Waals surface area contributed by atoms with E-state index in [1.165, 1.54) is 31.2 Å². The molecule has 21 heavy (non-hydrogen) atoms. The summed E-state index contributed by atoms with van der Waals surface area (Å²) in [6.07, 6.45) is 11.2. The first-order valence-corrected chi connectivity index (χ1v) is 8.09. The van der Waals surface area contributed by atoms with Gasteiger partial charge in [-0.25, -0.2) is 4.98 Å². The second-order valence-corrected chi connectivity index (χ2v) is 6.39. The van der Waals surface area contributed by atoms with Gasteiger partial charge in [0, 0.05) is 24.6 Å². The van der Waals surface area contributed by atoms with Crippen LogP contribution in [0.25, 0.3) is 5.69 Å². The van der Waals surface area contributed by atoms with Crippen molar-refractivity contribution in [3.8, 4) is 5.69 Å². The standard InChI is InChI=1S/C18H25N3/c1-15-2-4-16(5-3-15)12-20-13-17-6-8-18(9-7-17)21-11-10-19-14-21/h6-11,14-16,20H,2-5,12-13H2,1H3. The zero-order valence-corrected chi connectivity index (χ0v) is 12.8. The van der Waals surface area contributed by atoms with E-state index in [0.717, 1.165) is 30.6 Å². The van der Waals surface area contributed by atoms with Crippen LogP contribution in [-0.2, 0) is 6.54 Å². The van der Waals surface area contributed by atoms with Crippen LogP contribution in [0.3, 0.4) is 0 Å². The van der Waals surface area contributed by atoms with Crippen molar-refractivity contribution < 1.29 is 0 Å². The van der Waals surface area contributed by atoms with Crippen LogP contribution in [0.1, 0.15) is 38.2 Å². The molecule has 3 rings (SSSR count). The van der Waals surface area contributed by atoms with Crippen molar-refractivity contribution in [3.05, 3.63) is 48.5 Å². The van der Waals surface area contributed by atoms with Gasteiger partial charge < -0.3 is 9.88 Å². The molecule has 0 radical (unpaired) electrons. The quantitative estimate of drug-likeness (QED) is 0.905. The Morgan fingerprint density at radius 3 is 2.57 bits per heavy atom. The Bertz CT molecular complexity index is 522. The van der Waals surface area contributed by atoms with Gasteiger partial charge in [0.05, 0.1) is 6.33 Å². The highest BCUT2D eigenvalue weighted by Gasteiger charge is 2.17. The Morgan fingerprint density at radius 1 is 1.14 bits per heavy atom. The van der Waals surface area contributed by atoms with E-state index in [1.54, 1.807) is 6.20 Å². The number of benzene rings is 1. The van der Waals surface area contributed by atoms with Crippen LogP contribution in [-0.4, -0.2) is 16.1 Å². The van der Waals surface area contributed by atoms with Crippen LogP contribution in [0, 0.1) is 11.8 Å². The van der Waals surface area contributed by atoms with Crippen LogP contribution in [0.4, 0.5) is 0 Å². The highest BCUT2D eigenvalue weighted by molar-refractivity contribution is 5.34. The van der Waals surface area contributed by atoms with E-state index in [0.29, 0.717) is 0 Å². The SMILES string of the molecule is CC1CCC(CNCc2ccc(-n3ccnc3)cc2)CC1. The molecule has 3 nitrogen and oxygen atoms in total. The third kappa shape index (κ3) is 3.94. The van der Waals surface area contributed by atoms with Crippen molar-refractivity contribution in [1.82, 2.24) is 14.9 Å². The summed E-state index contributed by atoms with van der Waals surface area (Å²) >= 11 is 0. The third-order valence-electron chi connectivity index (χ3n) is 4.64. The largest absolute Gasteiger partial charge is 0.312 e. The van der Waals surface area contributed by atoms with Crippen molar-refractivity contribution in [3.63, 3.8) is 0 Å². The molecular formula is C18H25N3. The number of imidazole rings is 1. The van der Waals surface area contributed by atoms with E-state index >= 15 is 0 Å². The Labute approximate surface area is 127 Å². The molecule has 3 heteroatoms. The third-order valence-corrected chi connectivity index (χ3v) is 4.64. The predicted octanol–water partition coefficient (Wildman–Crippen LogP) is 3.79. The van der Waals surface area contributed by atoms with Crippen LogP contribution in [0.5, 0.6) is 0 Å². The molecule has 1 aliphatic carbocycles. The molecule has 1 fully saturated rings. The van der Waals surface area contributed by atoms with Crippen LogP contribution in [0.2, 0.25) is 0 Å². The fourth-order valence-electron chi connectivity index (χ4n) is 3.15. The van der Waals surface area contributed by atoms with Gasteiger partial charge in [0.2, 0.25) is 0 Å². The van der Waals surface area contributed by atoms with E-state index in [2.05, 4.69) is 41.5 Å². The van der Waals surface area contributed by atoms with Crippen molar-refractivity contribution in [1.29, 1.82) is 0 Å². The topological polar surface area (TPSA) is 29.9 Å². The molecule has 0 saturated heterocycles. The molecule has 1 aromatic carbocycles. The average Bonchev–Trinajstić information content (AvgIpc) is 3.04.